The Morgan fingerprint density at radius 1 is 1.05 bits per heavy atom. The molecule has 2 fully saturated rings. The lowest BCUT2D eigenvalue weighted by Gasteiger charge is -2.38. The second kappa shape index (κ2) is 12.7. The number of rotatable bonds is 7. The first-order chi connectivity index (χ1) is 18.3. The lowest BCUT2D eigenvalue weighted by Crippen LogP contribution is -2.44. The van der Waals surface area contributed by atoms with Crippen molar-refractivity contribution in [3.8, 4) is 5.82 Å². The van der Waals surface area contributed by atoms with Gasteiger partial charge in [0.25, 0.3) is 0 Å². The fourth-order valence-electron chi connectivity index (χ4n) is 5.92. The van der Waals surface area contributed by atoms with E-state index in [0.29, 0.717) is 23.2 Å². The van der Waals surface area contributed by atoms with E-state index in [-0.39, 0.29) is 36.3 Å². The number of aryl methyl sites for hydroxylation is 1. The van der Waals surface area contributed by atoms with Crippen molar-refractivity contribution in [2.45, 2.75) is 77.7 Å². The van der Waals surface area contributed by atoms with Gasteiger partial charge in [0.1, 0.15) is 0 Å². The van der Waals surface area contributed by atoms with Gasteiger partial charge in [-0.05, 0) is 68.2 Å². The minimum Gasteiger partial charge on any atom is -0.379 e. The number of hydrogen-bond donors (Lipinski definition) is 0. The summed E-state index contributed by atoms with van der Waals surface area (Å²) >= 11 is 0. The summed E-state index contributed by atoms with van der Waals surface area (Å²) in [5.41, 5.74) is 5.07. The standard InChI is InChI=1S/C30H38FN5O2.ClH/c1-19(2)24-15-27(31)30(33-17-24)36-21(4)26(18-34-36)28(37)14-22-13-20(3)29(32-16-22)23-5-7-25(8-6-23)35-9-11-38-12-10-35;/h13,15-19,23,25H,5-12,14H2,1-4H3;1H. The smallest absolute Gasteiger partial charge is 0.189 e. The summed E-state index contributed by atoms with van der Waals surface area (Å²) in [6.07, 6.45) is 9.94. The van der Waals surface area contributed by atoms with Gasteiger partial charge in [-0.15, -0.1) is 12.4 Å². The molecule has 0 unspecified atom stereocenters. The molecular weight excluding hydrogens is 517 g/mol. The van der Waals surface area contributed by atoms with Crippen molar-refractivity contribution in [1.29, 1.82) is 0 Å². The lowest BCUT2D eigenvalue weighted by molar-refractivity contribution is 0.00719. The van der Waals surface area contributed by atoms with Crippen LogP contribution in [0.2, 0.25) is 0 Å². The molecule has 5 rings (SSSR count). The minimum absolute atomic E-state index is 0. The van der Waals surface area contributed by atoms with Crippen LogP contribution in [-0.2, 0) is 11.2 Å². The third-order valence-electron chi connectivity index (χ3n) is 8.21. The Labute approximate surface area is 236 Å². The molecule has 3 aromatic rings. The first-order valence-electron chi connectivity index (χ1n) is 13.8. The molecule has 4 heterocycles. The Hall–Kier alpha value is -2.68. The topological polar surface area (TPSA) is 73.1 Å². The second-order valence-corrected chi connectivity index (χ2v) is 11.1. The largest absolute Gasteiger partial charge is 0.379 e. The van der Waals surface area contributed by atoms with E-state index in [0.717, 1.165) is 61.5 Å². The first-order valence-corrected chi connectivity index (χ1v) is 13.8. The number of pyridine rings is 2. The molecule has 1 saturated carbocycles. The van der Waals surface area contributed by atoms with Crippen LogP contribution in [0.5, 0.6) is 0 Å². The van der Waals surface area contributed by atoms with Crippen LogP contribution in [0.15, 0.2) is 30.7 Å². The van der Waals surface area contributed by atoms with E-state index < -0.39 is 5.82 Å². The van der Waals surface area contributed by atoms with E-state index in [1.807, 2.05) is 20.0 Å². The number of aromatic nitrogens is 4. The SMILES string of the molecule is Cc1cc(CC(=O)c2cnn(-c3ncc(C(C)C)cc3F)c2C)cnc1C1CCC(N2CCOCC2)CC1.Cl. The molecule has 0 spiro atoms. The summed E-state index contributed by atoms with van der Waals surface area (Å²) in [5, 5.41) is 4.28. The van der Waals surface area contributed by atoms with E-state index in [4.69, 9.17) is 9.72 Å². The number of carbonyl (C=O) groups excluding carboxylic acids is 1. The highest BCUT2D eigenvalue weighted by molar-refractivity contribution is 5.98. The van der Waals surface area contributed by atoms with Crippen LogP contribution in [0.3, 0.4) is 0 Å². The van der Waals surface area contributed by atoms with Crippen LogP contribution < -0.4 is 0 Å². The zero-order valence-electron chi connectivity index (χ0n) is 23.3. The minimum atomic E-state index is -0.448. The number of Topliss-reactive ketones (excluding diaryl/α,β-unsaturated/α-hetero) is 1. The number of carbonyl (C=O) groups is 1. The number of morpholine rings is 1. The van der Waals surface area contributed by atoms with E-state index in [9.17, 15) is 9.18 Å². The van der Waals surface area contributed by atoms with Crippen molar-refractivity contribution in [3.05, 3.63) is 70.2 Å². The molecule has 9 heteroatoms. The van der Waals surface area contributed by atoms with Crippen LogP contribution in [0, 0.1) is 19.7 Å². The van der Waals surface area contributed by atoms with Gasteiger partial charge in [-0.2, -0.15) is 5.10 Å². The normalized spacial score (nSPS) is 20.2. The first kappa shape index (κ1) is 29.3. The van der Waals surface area contributed by atoms with Crippen molar-refractivity contribution in [1.82, 2.24) is 24.6 Å². The summed E-state index contributed by atoms with van der Waals surface area (Å²) in [4.78, 5) is 24.9. The molecule has 0 N–H and O–H groups in total. The summed E-state index contributed by atoms with van der Waals surface area (Å²) in [5.74, 6) is 0.248. The van der Waals surface area contributed by atoms with Gasteiger partial charge in [0.2, 0.25) is 0 Å². The van der Waals surface area contributed by atoms with Gasteiger partial charge in [0.15, 0.2) is 17.4 Å². The Morgan fingerprint density at radius 3 is 2.41 bits per heavy atom. The van der Waals surface area contributed by atoms with Gasteiger partial charge in [-0.1, -0.05) is 19.9 Å². The fraction of sp³-hybridized carbons (Fsp3) is 0.533. The summed E-state index contributed by atoms with van der Waals surface area (Å²) in [7, 11) is 0. The highest BCUT2D eigenvalue weighted by Crippen LogP contribution is 2.35. The quantitative estimate of drug-likeness (QED) is 0.346. The molecule has 0 aromatic carbocycles. The summed E-state index contributed by atoms with van der Waals surface area (Å²) in [6.45, 7) is 11.6. The van der Waals surface area contributed by atoms with Crippen molar-refractivity contribution in [2.75, 3.05) is 26.3 Å². The van der Waals surface area contributed by atoms with E-state index >= 15 is 0 Å². The maximum absolute atomic E-state index is 14.8. The molecule has 1 aliphatic carbocycles. The summed E-state index contributed by atoms with van der Waals surface area (Å²) < 4.78 is 21.7. The number of halogens is 2. The van der Waals surface area contributed by atoms with Gasteiger partial charge < -0.3 is 4.74 Å². The molecule has 0 atom stereocenters. The van der Waals surface area contributed by atoms with Crippen LogP contribution in [-0.4, -0.2) is 62.8 Å². The molecular formula is C30H39ClFN5O2. The molecule has 0 bridgehead atoms. The maximum Gasteiger partial charge on any atom is 0.189 e. The van der Waals surface area contributed by atoms with Gasteiger partial charge in [-0.25, -0.2) is 14.1 Å². The average molecular weight is 556 g/mol. The predicted octanol–water partition coefficient (Wildman–Crippen LogP) is 5.75. The zero-order valence-corrected chi connectivity index (χ0v) is 24.1. The number of ether oxygens (including phenoxy) is 1. The van der Waals surface area contributed by atoms with Crippen molar-refractivity contribution >= 4 is 18.2 Å². The second-order valence-electron chi connectivity index (χ2n) is 11.1. The van der Waals surface area contributed by atoms with Gasteiger partial charge in [0, 0.05) is 49.6 Å². The molecule has 0 radical (unpaired) electrons. The highest BCUT2D eigenvalue weighted by Gasteiger charge is 2.29. The van der Waals surface area contributed by atoms with Crippen LogP contribution in [0.4, 0.5) is 4.39 Å². The molecule has 1 saturated heterocycles. The van der Waals surface area contributed by atoms with Crippen molar-refractivity contribution < 1.29 is 13.9 Å². The monoisotopic (exact) mass is 555 g/mol. The third kappa shape index (κ3) is 6.39. The zero-order chi connectivity index (χ0) is 26.8. The predicted molar refractivity (Wildman–Crippen MR) is 152 cm³/mol. The summed E-state index contributed by atoms with van der Waals surface area (Å²) in [6, 6.07) is 4.24. The van der Waals surface area contributed by atoms with Crippen LogP contribution in [0.25, 0.3) is 5.82 Å². The molecule has 0 amide bonds. The third-order valence-corrected chi connectivity index (χ3v) is 8.21. The maximum atomic E-state index is 14.8. The molecule has 1 aliphatic heterocycles. The van der Waals surface area contributed by atoms with Gasteiger partial charge in [-0.3, -0.25) is 14.7 Å². The molecule has 7 nitrogen and oxygen atoms in total. The van der Waals surface area contributed by atoms with E-state index in [1.165, 1.54) is 29.8 Å². The van der Waals surface area contributed by atoms with Crippen LogP contribution in [0.1, 0.15) is 89.8 Å². The van der Waals surface area contributed by atoms with Crippen molar-refractivity contribution in [3.63, 3.8) is 0 Å². The van der Waals surface area contributed by atoms with Crippen molar-refractivity contribution in [2.24, 2.45) is 0 Å². The number of hydrogen-bond acceptors (Lipinski definition) is 6. The Morgan fingerprint density at radius 2 is 1.77 bits per heavy atom. The number of nitrogens with zero attached hydrogens (tertiary/aromatic N) is 5. The highest BCUT2D eigenvalue weighted by atomic mass is 35.5. The molecule has 2 aliphatic rings. The van der Waals surface area contributed by atoms with E-state index in [2.05, 4.69) is 28.0 Å². The molecule has 39 heavy (non-hydrogen) atoms. The lowest BCUT2D eigenvalue weighted by atomic mass is 9.81. The average Bonchev–Trinajstić information content (AvgIpc) is 3.30. The Bertz CT molecular complexity index is 1300. The van der Waals surface area contributed by atoms with Gasteiger partial charge in [0.05, 0.1) is 30.7 Å². The fourth-order valence-corrected chi connectivity index (χ4v) is 5.92. The van der Waals surface area contributed by atoms with E-state index in [1.54, 1.807) is 13.1 Å². The Kier molecular flexibility index (Phi) is 9.51. The molecule has 210 valence electrons. The van der Waals surface area contributed by atoms with Crippen LogP contribution >= 0.6 is 12.4 Å². The van der Waals surface area contributed by atoms with Gasteiger partial charge >= 0.3 is 0 Å². The number of ketones is 1. The molecule has 3 aromatic heterocycles. The Balaban J connectivity index is 0.00000353.